The largest absolute Gasteiger partial charge is 0.444 e. The molecule has 1 aliphatic rings. The van der Waals surface area contributed by atoms with Gasteiger partial charge in [0.1, 0.15) is 5.60 Å². The van der Waals surface area contributed by atoms with Gasteiger partial charge in [-0.1, -0.05) is 0 Å². The molecule has 0 aliphatic carbocycles. The molecule has 0 unspecified atom stereocenters. The first kappa shape index (κ1) is 12.3. The van der Waals surface area contributed by atoms with Crippen molar-refractivity contribution >= 4 is 6.09 Å². The van der Waals surface area contributed by atoms with Gasteiger partial charge in [0.05, 0.1) is 6.67 Å². The lowest BCUT2D eigenvalue weighted by Crippen LogP contribution is -2.43. The summed E-state index contributed by atoms with van der Waals surface area (Å²) in [7, 11) is 0. The Bertz CT molecular complexity index is 225. The van der Waals surface area contributed by atoms with Crippen molar-refractivity contribution in [3.05, 3.63) is 0 Å². The predicted molar refractivity (Wildman–Crippen MR) is 56.5 cm³/mol. The lowest BCUT2D eigenvalue weighted by atomic mass is 10.00. The molecule has 0 saturated carbocycles. The van der Waals surface area contributed by atoms with Crippen LogP contribution in [0.1, 0.15) is 33.6 Å². The van der Waals surface area contributed by atoms with E-state index in [1.165, 1.54) is 0 Å². The first-order valence-electron chi connectivity index (χ1n) is 5.46. The maximum absolute atomic E-state index is 12.5. The minimum atomic E-state index is -0.472. The fourth-order valence-electron chi connectivity index (χ4n) is 1.68. The molecule has 1 aliphatic heterocycles. The van der Waals surface area contributed by atoms with Gasteiger partial charge in [-0.2, -0.15) is 0 Å². The fourth-order valence-corrected chi connectivity index (χ4v) is 1.68. The molecule has 0 spiro atoms. The molecule has 0 aromatic carbocycles. The Balaban J connectivity index is 2.45. The van der Waals surface area contributed by atoms with Gasteiger partial charge in [-0.3, -0.25) is 4.39 Å². The van der Waals surface area contributed by atoms with Gasteiger partial charge in [0, 0.05) is 19.0 Å². The maximum Gasteiger partial charge on any atom is 0.410 e. The Morgan fingerprint density at radius 1 is 1.53 bits per heavy atom. The van der Waals surface area contributed by atoms with Crippen molar-refractivity contribution in [2.24, 2.45) is 5.92 Å². The van der Waals surface area contributed by atoms with Crippen LogP contribution in [0.2, 0.25) is 0 Å². The molecule has 88 valence electrons. The highest BCUT2D eigenvalue weighted by atomic mass is 19.1. The number of likely N-dealkylation sites (tertiary alicyclic amines) is 1. The van der Waals surface area contributed by atoms with Crippen LogP contribution >= 0.6 is 0 Å². The number of hydrogen-bond acceptors (Lipinski definition) is 2. The minimum Gasteiger partial charge on any atom is -0.444 e. The molecular weight excluding hydrogens is 197 g/mol. The Kier molecular flexibility index (Phi) is 3.94. The lowest BCUT2D eigenvalue weighted by molar-refractivity contribution is 0.0154. The number of rotatable bonds is 1. The van der Waals surface area contributed by atoms with Crippen LogP contribution in [0.25, 0.3) is 0 Å². The van der Waals surface area contributed by atoms with E-state index in [0.29, 0.717) is 13.1 Å². The zero-order chi connectivity index (χ0) is 11.5. The normalized spacial score (nSPS) is 22.7. The third-order valence-electron chi connectivity index (χ3n) is 2.39. The van der Waals surface area contributed by atoms with Gasteiger partial charge >= 0.3 is 6.09 Å². The molecule has 1 heterocycles. The molecule has 1 saturated heterocycles. The highest BCUT2D eigenvalue weighted by Gasteiger charge is 2.27. The van der Waals surface area contributed by atoms with E-state index in [-0.39, 0.29) is 18.7 Å². The van der Waals surface area contributed by atoms with E-state index < -0.39 is 5.60 Å². The Labute approximate surface area is 90.6 Å². The Morgan fingerprint density at radius 2 is 2.20 bits per heavy atom. The van der Waals surface area contributed by atoms with E-state index >= 15 is 0 Å². The number of halogens is 1. The van der Waals surface area contributed by atoms with Gasteiger partial charge in [-0.15, -0.1) is 0 Å². The molecule has 1 amide bonds. The van der Waals surface area contributed by atoms with Gasteiger partial charge in [-0.25, -0.2) is 4.79 Å². The quantitative estimate of drug-likeness (QED) is 0.675. The molecule has 3 nitrogen and oxygen atoms in total. The summed E-state index contributed by atoms with van der Waals surface area (Å²) >= 11 is 0. The number of alkyl halides is 1. The van der Waals surface area contributed by atoms with Crippen LogP contribution in [-0.2, 0) is 4.74 Å². The summed E-state index contributed by atoms with van der Waals surface area (Å²) in [6.45, 7) is 6.33. The molecule has 1 fully saturated rings. The summed E-state index contributed by atoms with van der Waals surface area (Å²) in [5.41, 5.74) is -0.472. The summed E-state index contributed by atoms with van der Waals surface area (Å²) < 4.78 is 17.7. The highest BCUT2D eigenvalue weighted by Crippen LogP contribution is 2.19. The van der Waals surface area contributed by atoms with Crippen molar-refractivity contribution in [1.29, 1.82) is 0 Å². The summed E-state index contributed by atoms with van der Waals surface area (Å²) in [6, 6.07) is 0. The molecule has 0 radical (unpaired) electrons. The summed E-state index contributed by atoms with van der Waals surface area (Å²) in [5, 5.41) is 0. The van der Waals surface area contributed by atoms with Gasteiger partial charge in [-0.05, 0) is 33.6 Å². The monoisotopic (exact) mass is 217 g/mol. The van der Waals surface area contributed by atoms with Crippen LogP contribution in [-0.4, -0.2) is 36.4 Å². The number of ether oxygens (including phenoxy) is 1. The van der Waals surface area contributed by atoms with Crippen molar-refractivity contribution in [1.82, 2.24) is 4.90 Å². The molecule has 15 heavy (non-hydrogen) atoms. The van der Waals surface area contributed by atoms with E-state index in [9.17, 15) is 9.18 Å². The third-order valence-corrected chi connectivity index (χ3v) is 2.39. The first-order valence-corrected chi connectivity index (χ1v) is 5.46. The van der Waals surface area contributed by atoms with E-state index in [1.54, 1.807) is 4.90 Å². The summed E-state index contributed by atoms with van der Waals surface area (Å²) in [5.74, 6) is -0.00808. The smallest absolute Gasteiger partial charge is 0.410 e. The number of amides is 1. The van der Waals surface area contributed by atoms with Crippen molar-refractivity contribution in [2.75, 3.05) is 19.8 Å². The average molecular weight is 217 g/mol. The van der Waals surface area contributed by atoms with E-state index in [4.69, 9.17) is 4.74 Å². The average Bonchev–Trinajstić information content (AvgIpc) is 2.15. The number of piperidine rings is 1. The topological polar surface area (TPSA) is 29.5 Å². The Hall–Kier alpha value is -0.800. The fraction of sp³-hybridized carbons (Fsp3) is 0.909. The predicted octanol–water partition coefficient (Wildman–Crippen LogP) is 2.60. The zero-order valence-electron chi connectivity index (χ0n) is 9.75. The van der Waals surface area contributed by atoms with Crippen LogP contribution in [0.5, 0.6) is 0 Å². The SMILES string of the molecule is CC(C)(C)OC(=O)N1CCC[C@@H](CF)C1. The number of nitrogens with zero attached hydrogens (tertiary/aromatic N) is 1. The second-order valence-electron chi connectivity index (χ2n) is 5.09. The maximum atomic E-state index is 12.5. The van der Waals surface area contributed by atoms with Crippen LogP contribution in [0.4, 0.5) is 9.18 Å². The van der Waals surface area contributed by atoms with Crippen LogP contribution < -0.4 is 0 Å². The molecular formula is C11H20FNO2. The number of carbonyl (C=O) groups excluding carboxylic acids is 1. The van der Waals surface area contributed by atoms with Gasteiger partial charge in [0.25, 0.3) is 0 Å². The molecule has 4 heteroatoms. The highest BCUT2D eigenvalue weighted by molar-refractivity contribution is 5.68. The molecule has 1 rings (SSSR count). The van der Waals surface area contributed by atoms with E-state index in [0.717, 1.165) is 12.8 Å². The van der Waals surface area contributed by atoms with Crippen LogP contribution in [0.15, 0.2) is 0 Å². The van der Waals surface area contributed by atoms with Crippen molar-refractivity contribution in [3.8, 4) is 0 Å². The first-order chi connectivity index (χ1) is 6.92. The molecule has 0 aromatic rings. The van der Waals surface area contributed by atoms with Gasteiger partial charge in [0.15, 0.2) is 0 Å². The second-order valence-corrected chi connectivity index (χ2v) is 5.09. The Morgan fingerprint density at radius 3 is 2.73 bits per heavy atom. The summed E-state index contributed by atoms with van der Waals surface area (Å²) in [4.78, 5) is 13.3. The number of carbonyl (C=O) groups is 1. The van der Waals surface area contributed by atoms with Crippen molar-refractivity contribution < 1.29 is 13.9 Å². The minimum absolute atomic E-state index is 0.00808. The molecule has 0 aromatic heterocycles. The standard InChI is InChI=1S/C11H20FNO2/c1-11(2,3)15-10(14)13-6-4-5-9(7-12)8-13/h9H,4-8H2,1-3H3/t9-/m0/s1. The van der Waals surface area contributed by atoms with Gasteiger partial charge in [0.2, 0.25) is 0 Å². The van der Waals surface area contributed by atoms with Gasteiger partial charge < -0.3 is 9.64 Å². The van der Waals surface area contributed by atoms with Crippen molar-refractivity contribution in [3.63, 3.8) is 0 Å². The zero-order valence-corrected chi connectivity index (χ0v) is 9.75. The van der Waals surface area contributed by atoms with Crippen molar-refractivity contribution in [2.45, 2.75) is 39.2 Å². The number of hydrogen-bond donors (Lipinski definition) is 0. The van der Waals surface area contributed by atoms with E-state index in [1.807, 2.05) is 20.8 Å². The lowest BCUT2D eigenvalue weighted by Gasteiger charge is -2.33. The third kappa shape index (κ3) is 4.06. The second kappa shape index (κ2) is 4.81. The molecule has 0 N–H and O–H groups in total. The summed E-state index contributed by atoms with van der Waals surface area (Å²) in [6.07, 6.45) is 1.42. The molecule has 0 bridgehead atoms. The van der Waals surface area contributed by atoms with Crippen LogP contribution in [0.3, 0.4) is 0 Å². The van der Waals surface area contributed by atoms with Crippen LogP contribution in [0, 0.1) is 5.92 Å². The van der Waals surface area contributed by atoms with E-state index in [2.05, 4.69) is 0 Å². The molecule has 1 atom stereocenters.